The van der Waals surface area contributed by atoms with Crippen LogP contribution in [0, 0.1) is 0 Å². The molecule has 0 bridgehead atoms. The molecule has 0 atom stereocenters. The second-order valence-corrected chi connectivity index (χ2v) is 3.95. The van der Waals surface area contributed by atoms with Crippen molar-refractivity contribution in [1.82, 2.24) is 9.38 Å². The Balaban J connectivity index is 2.10. The van der Waals surface area contributed by atoms with Crippen LogP contribution in [0.3, 0.4) is 0 Å². The molecule has 2 aromatic rings. The third-order valence-electron chi connectivity index (χ3n) is 2.98. The Morgan fingerprint density at radius 2 is 2.14 bits per heavy atom. The van der Waals surface area contributed by atoms with E-state index in [0.29, 0.717) is 5.92 Å². The van der Waals surface area contributed by atoms with Crippen LogP contribution in [0.25, 0.3) is 5.65 Å². The molecule has 0 aliphatic heterocycles. The van der Waals surface area contributed by atoms with E-state index in [4.69, 9.17) is 0 Å². The van der Waals surface area contributed by atoms with Gasteiger partial charge >= 0.3 is 0 Å². The van der Waals surface area contributed by atoms with Gasteiger partial charge in [0.25, 0.3) is 0 Å². The van der Waals surface area contributed by atoms with Crippen LogP contribution in [-0.4, -0.2) is 14.5 Å². The maximum absolute atomic E-state index is 9.30. The topological polar surface area (TPSA) is 37.5 Å². The highest BCUT2D eigenvalue weighted by Crippen LogP contribution is 2.35. The minimum Gasteiger partial charge on any atom is -0.506 e. The first-order chi connectivity index (χ1) is 6.83. The van der Waals surface area contributed by atoms with Crippen molar-refractivity contribution in [2.45, 2.75) is 25.2 Å². The van der Waals surface area contributed by atoms with Gasteiger partial charge in [-0.1, -0.05) is 6.42 Å². The van der Waals surface area contributed by atoms with Gasteiger partial charge in [-0.2, -0.15) is 0 Å². The largest absolute Gasteiger partial charge is 0.506 e. The van der Waals surface area contributed by atoms with Crippen molar-refractivity contribution in [2.24, 2.45) is 0 Å². The summed E-state index contributed by atoms with van der Waals surface area (Å²) in [6, 6.07) is 3.52. The zero-order valence-electron chi connectivity index (χ0n) is 7.85. The van der Waals surface area contributed by atoms with E-state index in [1.54, 1.807) is 12.3 Å². The highest BCUT2D eigenvalue weighted by atomic mass is 16.3. The Bertz CT molecular complexity index is 471. The van der Waals surface area contributed by atoms with Crippen LogP contribution in [0.4, 0.5) is 0 Å². The number of hydrogen-bond donors (Lipinski definition) is 1. The number of imidazole rings is 1. The fraction of sp³-hybridized carbons (Fsp3) is 0.364. The van der Waals surface area contributed by atoms with E-state index in [1.807, 2.05) is 16.7 Å². The lowest BCUT2D eigenvalue weighted by molar-refractivity contribution is 0.412. The number of fused-ring (bicyclic) bond motifs is 1. The summed E-state index contributed by atoms with van der Waals surface area (Å²) < 4.78 is 1.89. The Hall–Kier alpha value is -1.51. The van der Waals surface area contributed by atoms with E-state index in [-0.39, 0.29) is 5.75 Å². The van der Waals surface area contributed by atoms with Crippen LogP contribution in [0.1, 0.15) is 30.9 Å². The molecule has 3 heteroatoms. The van der Waals surface area contributed by atoms with Crippen molar-refractivity contribution < 1.29 is 5.11 Å². The number of hydrogen-bond acceptors (Lipinski definition) is 2. The first kappa shape index (κ1) is 7.85. The van der Waals surface area contributed by atoms with Crippen LogP contribution in [0.5, 0.6) is 5.75 Å². The molecular weight excluding hydrogens is 176 g/mol. The summed E-state index contributed by atoms with van der Waals surface area (Å²) in [6.07, 6.45) is 7.57. The summed E-state index contributed by atoms with van der Waals surface area (Å²) in [5.41, 5.74) is 2.09. The van der Waals surface area contributed by atoms with Gasteiger partial charge in [0, 0.05) is 12.1 Å². The predicted octanol–water partition coefficient (Wildman–Crippen LogP) is 2.31. The summed E-state index contributed by atoms with van der Waals surface area (Å²) in [5.74, 6) is 0.937. The van der Waals surface area contributed by atoms with Crippen molar-refractivity contribution in [2.75, 3.05) is 0 Å². The minimum absolute atomic E-state index is 0.287. The fourth-order valence-electron chi connectivity index (χ4n) is 1.90. The molecule has 0 saturated heterocycles. The highest BCUT2D eigenvalue weighted by Gasteiger charge is 2.21. The highest BCUT2D eigenvalue weighted by molar-refractivity contribution is 5.43. The Kier molecular flexibility index (Phi) is 1.54. The summed E-state index contributed by atoms with van der Waals surface area (Å²) in [5, 5.41) is 9.30. The normalized spacial score (nSPS) is 17.1. The number of nitrogens with zero attached hydrogens (tertiary/aromatic N) is 2. The van der Waals surface area contributed by atoms with Gasteiger partial charge in [0.1, 0.15) is 11.4 Å². The van der Waals surface area contributed by atoms with Gasteiger partial charge in [-0.3, -0.25) is 0 Å². The fourth-order valence-corrected chi connectivity index (χ4v) is 1.90. The van der Waals surface area contributed by atoms with E-state index in [2.05, 4.69) is 4.98 Å². The first-order valence-electron chi connectivity index (χ1n) is 5.00. The van der Waals surface area contributed by atoms with Crippen LogP contribution in [0.15, 0.2) is 24.5 Å². The van der Waals surface area contributed by atoms with Crippen LogP contribution in [0.2, 0.25) is 0 Å². The van der Waals surface area contributed by atoms with Gasteiger partial charge in [0.2, 0.25) is 0 Å². The van der Waals surface area contributed by atoms with Crippen molar-refractivity contribution in [3.05, 3.63) is 30.2 Å². The molecule has 0 aromatic carbocycles. The van der Waals surface area contributed by atoms with Crippen LogP contribution < -0.4 is 0 Å². The van der Waals surface area contributed by atoms with Crippen LogP contribution in [-0.2, 0) is 0 Å². The van der Waals surface area contributed by atoms with E-state index in [9.17, 15) is 5.11 Å². The lowest BCUT2D eigenvalue weighted by atomic mass is 9.83. The molecule has 1 saturated carbocycles. The predicted molar refractivity (Wildman–Crippen MR) is 53.4 cm³/mol. The maximum Gasteiger partial charge on any atom is 0.137 e. The van der Waals surface area contributed by atoms with Gasteiger partial charge in [0.05, 0.1) is 11.9 Å². The quantitative estimate of drug-likeness (QED) is 0.745. The summed E-state index contributed by atoms with van der Waals surface area (Å²) in [6.45, 7) is 0. The molecule has 1 aliphatic carbocycles. The summed E-state index contributed by atoms with van der Waals surface area (Å²) in [4.78, 5) is 4.53. The number of rotatable bonds is 1. The lowest BCUT2D eigenvalue weighted by Crippen LogP contribution is -2.08. The molecule has 1 fully saturated rings. The summed E-state index contributed by atoms with van der Waals surface area (Å²) in [7, 11) is 0. The maximum atomic E-state index is 9.30. The number of aromatic nitrogens is 2. The van der Waals surface area contributed by atoms with Crippen molar-refractivity contribution in [1.29, 1.82) is 0 Å². The van der Waals surface area contributed by atoms with Gasteiger partial charge in [-0.15, -0.1) is 0 Å². The monoisotopic (exact) mass is 188 g/mol. The van der Waals surface area contributed by atoms with Gasteiger partial charge < -0.3 is 9.51 Å². The van der Waals surface area contributed by atoms with Crippen LogP contribution >= 0.6 is 0 Å². The minimum atomic E-state index is 0.287. The smallest absolute Gasteiger partial charge is 0.137 e. The van der Waals surface area contributed by atoms with Gasteiger partial charge in [0.15, 0.2) is 0 Å². The van der Waals surface area contributed by atoms with Gasteiger partial charge in [-0.05, 0) is 25.0 Å². The molecule has 3 nitrogen and oxygen atoms in total. The standard InChI is InChI=1S/C11H12N2O/c14-9-4-5-11-12-10(7-13(11)6-9)8-2-1-3-8/h4-8,14H,1-3H2. The van der Waals surface area contributed by atoms with E-state index < -0.39 is 0 Å². The molecule has 14 heavy (non-hydrogen) atoms. The Morgan fingerprint density at radius 3 is 2.86 bits per heavy atom. The third kappa shape index (κ3) is 1.09. The van der Waals surface area contributed by atoms with Gasteiger partial charge in [-0.25, -0.2) is 4.98 Å². The average Bonchev–Trinajstić information content (AvgIpc) is 2.43. The molecule has 2 aromatic heterocycles. The van der Waals surface area contributed by atoms with E-state index >= 15 is 0 Å². The van der Waals surface area contributed by atoms with Crippen molar-refractivity contribution in [3.8, 4) is 5.75 Å². The SMILES string of the molecule is Oc1ccc2nc(C3CCC3)cn2c1. The number of pyridine rings is 1. The molecule has 0 radical (unpaired) electrons. The zero-order chi connectivity index (χ0) is 9.54. The second-order valence-electron chi connectivity index (χ2n) is 3.95. The van der Waals surface area contributed by atoms with E-state index in [1.165, 1.54) is 25.0 Å². The molecule has 0 amide bonds. The zero-order valence-corrected chi connectivity index (χ0v) is 7.85. The molecule has 0 unspecified atom stereocenters. The molecule has 0 spiro atoms. The average molecular weight is 188 g/mol. The molecule has 2 heterocycles. The molecule has 1 aliphatic rings. The second kappa shape index (κ2) is 2.74. The molecule has 1 N–H and O–H groups in total. The van der Waals surface area contributed by atoms with Crippen molar-refractivity contribution in [3.63, 3.8) is 0 Å². The lowest BCUT2D eigenvalue weighted by Gasteiger charge is -2.22. The first-order valence-corrected chi connectivity index (χ1v) is 5.00. The van der Waals surface area contributed by atoms with E-state index in [0.717, 1.165) is 5.65 Å². The Morgan fingerprint density at radius 1 is 1.29 bits per heavy atom. The van der Waals surface area contributed by atoms with Crippen molar-refractivity contribution >= 4 is 5.65 Å². The molecular formula is C11H12N2O. The molecule has 72 valence electrons. The Labute approximate surface area is 82.0 Å². The third-order valence-corrected chi connectivity index (χ3v) is 2.98. The molecule has 3 rings (SSSR count). The summed E-state index contributed by atoms with van der Waals surface area (Å²) >= 11 is 0. The number of aromatic hydroxyl groups is 1.